The highest BCUT2D eigenvalue weighted by Crippen LogP contribution is 2.23. The smallest absolute Gasteiger partial charge is 0.390 e. The Morgan fingerprint density at radius 2 is 1.95 bits per heavy atom. The molecule has 0 aliphatic carbocycles. The van der Waals surface area contributed by atoms with Gasteiger partial charge >= 0.3 is 6.18 Å². The van der Waals surface area contributed by atoms with Gasteiger partial charge in [-0.1, -0.05) is 0 Å². The second-order valence-electron chi connectivity index (χ2n) is 4.03. The highest BCUT2D eigenvalue weighted by atomic mass is 32.2. The topological polar surface area (TPSA) is 72.2 Å². The molecule has 0 heterocycles. The van der Waals surface area contributed by atoms with Gasteiger partial charge in [0.15, 0.2) is 0 Å². The molecule has 1 unspecified atom stereocenters. The maximum Gasteiger partial charge on any atom is 0.390 e. The van der Waals surface area contributed by atoms with Crippen LogP contribution in [-0.4, -0.2) is 20.6 Å². The molecule has 9 heteroatoms. The predicted octanol–water partition coefficient (Wildman–Crippen LogP) is 2.03. The molecule has 19 heavy (non-hydrogen) atoms. The van der Waals surface area contributed by atoms with E-state index in [-0.39, 0.29) is 5.69 Å². The van der Waals surface area contributed by atoms with Crippen LogP contribution in [0.4, 0.5) is 23.2 Å². The molecule has 0 bridgehead atoms. The molecule has 0 amide bonds. The normalized spacial score (nSPS) is 14.4. The minimum absolute atomic E-state index is 0.00903. The Hall–Kier alpha value is -1.35. The van der Waals surface area contributed by atoms with Crippen molar-refractivity contribution in [3.8, 4) is 0 Å². The van der Waals surface area contributed by atoms with Crippen molar-refractivity contribution in [2.75, 3.05) is 5.73 Å². The quantitative estimate of drug-likeness (QED) is 0.660. The molecular weight excluding hydrogens is 288 g/mol. The van der Waals surface area contributed by atoms with Crippen LogP contribution in [0.3, 0.4) is 0 Å². The Bertz CT molecular complexity index is 557. The Morgan fingerprint density at radius 3 is 2.47 bits per heavy atom. The molecule has 0 saturated carbocycles. The third-order valence-corrected chi connectivity index (χ3v) is 3.74. The highest BCUT2D eigenvalue weighted by Gasteiger charge is 2.32. The van der Waals surface area contributed by atoms with Gasteiger partial charge in [-0.2, -0.15) is 13.2 Å². The van der Waals surface area contributed by atoms with Gasteiger partial charge in [0.25, 0.3) is 0 Å². The zero-order valence-corrected chi connectivity index (χ0v) is 10.6. The summed E-state index contributed by atoms with van der Waals surface area (Å²) in [6.45, 7) is 1.04. The molecule has 0 radical (unpaired) electrons. The molecule has 1 rings (SSSR count). The first-order valence-electron chi connectivity index (χ1n) is 5.15. The van der Waals surface area contributed by atoms with E-state index in [1.165, 1.54) is 0 Å². The minimum Gasteiger partial charge on any atom is -0.399 e. The lowest BCUT2D eigenvalue weighted by molar-refractivity contribution is -0.137. The third kappa shape index (κ3) is 4.67. The summed E-state index contributed by atoms with van der Waals surface area (Å²) in [4.78, 5) is -0.776. The maximum absolute atomic E-state index is 13.4. The number of hydrogen-bond acceptors (Lipinski definition) is 3. The molecule has 1 aromatic rings. The second kappa shape index (κ2) is 5.33. The standard InChI is InChI=1S/C10H12F4N2O2S/c1-6(5-10(12,13)14)16-19(17,18)9-4-7(15)2-3-8(9)11/h2-4,6,16H,5,15H2,1H3. The lowest BCUT2D eigenvalue weighted by Crippen LogP contribution is -2.36. The van der Waals surface area contributed by atoms with E-state index in [9.17, 15) is 26.0 Å². The minimum atomic E-state index is -4.52. The summed E-state index contributed by atoms with van der Waals surface area (Å²) in [5, 5.41) is 0. The molecule has 1 aromatic carbocycles. The van der Waals surface area contributed by atoms with Crippen LogP contribution in [-0.2, 0) is 10.0 Å². The summed E-state index contributed by atoms with van der Waals surface area (Å²) in [6, 6.07) is 1.41. The highest BCUT2D eigenvalue weighted by molar-refractivity contribution is 7.89. The van der Waals surface area contributed by atoms with Gasteiger partial charge in [0.05, 0.1) is 6.42 Å². The lowest BCUT2D eigenvalue weighted by Gasteiger charge is -2.16. The van der Waals surface area contributed by atoms with Crippen molar-refractivity contribution in [2.45, 2.75) is 30.5 Å². The van der Waals surface area contributed by atoms with Crippen LogP contribution in [0.5, 0.6) is 0 Å². The average Bonchev–Trinajstić information content (AvgIpc) is 2.17. The van der Waals surface area contributed by atoms with Crippen LogP contribution >= 0.6 is 0 Å². The van der Waals surface area contributed by atoms with Gasteiger partial charge in [-0.25, -0.2) is 17.5 Å². The zero-order chi connectivity index (χ0) is 14.8. The number of benzene rings is 1. The van der Waals surface area contributed by atoms with Crippen molar-refractivity contribution >= 4 is 15.7 Å². The summed E-state index contributed by atoms with van der Waals surface area (Å²) < 4.78 is 74.9. The number of nitrogens with two attached hydrogens (primary N) is 1. The lowest BCUT2D eigenvalue weighted by atomic mass is 10.2. The first kappa shape index (κ1) is 15.7. The van der Waals surface area contributed by atoms with Crippen molar-refractivity contribution in [3.05, 3.63) is 24.0 Å². The van der Waals surface area contributed by atoms with Crippen molar-refractivity contribution in [1.29, 1.82) is 0 Å². The van der Waals surface area contributed by atoms with Crippen LogP contribution in [0.2, 0.25) is 0 Å². The van der Waals surface area contributed by atoms with Gasteiger partial charge in [0, 0.05) is 11.7 Å². The third-order valence-electron chi connectivity index (χ3n) is 2.14. The van der Waals surface area contributed by atoms with Crippen molar-refractivity contribution in [1.82, 2.24) is 4.72 Å². The van der Waals surface area contributed by atoms with Crippen LogP contribution in [0.25, 0.3) is 0 Å². The van der Waals surface area contributed by atoms with Gasteiger partial charge < -0.3 is 5.73 Å². The number of rotatable bonds is 4. The van der Waals surface area contributed by atoms with E-state index in [2.05, 4.69) is 0 Å². The summed E-state index contributed by atoms with van der Waals surface area (Å²) in [7, 11) is -4.39. The van der Waals surface area contributed by atoms with E-state index in [4.69, 9.17) is 5.73 Å². The Kier molecular flexibility index (Phi) is 4.41. The number of alkyl halides is 3. The molecule has 108 valence electrons. The molecule has 0 aliphatic rings. The molecule has 0 aliphatic heterocycles. The van der Waals surface area contributed by atoms with E-state index >= 15 is 0 Å². The van der Waals surface area contributed by atoms with Gasteiger partial charge in [0.2, 0.25) is 10.0 Å². The Balaban J connectivity index is 2.96. The largest absolute Gasteiger partial charge is 0.399 e. The first-order valence-corrected chi connectivity index (χ1v) is 6.64. The molecule has 1 atom stereocenters. The molecular formula is C10H12F4N2O2S. The molecule has 0 saturated heterocycles. The number of hydrogen-bond donors (Lipinski definition) is 2. The number of sulfonamides is 1. The van der Waals surface area contributed by atoms with Crippen LogP contribution in [0.15, 0.2) is 23.1 Å². The molecule has 0 spiro atoms. The van der Waals surface area contributed by atoms with E-state index < -0.39 is 39.4 Å². The molecule has 4 nitrogen and oxygen atoms in total. The monoisotopic (exact) mass is 300 g/mol. The van der Waals surface area contributed by atoms with Crippen molar-refractivity contribution in [3.63, 3.8) is 0 Å². The van der Waals surface area contributed by atoms with E-state index in [0.717, 1.165) is 25.1 Å². The number of nitrogen functional groups attached to an aromatic ring is 1. The van der Waals surface area contributed by atoms with Crippen LogP contribution < -0.4 is 10.5 Å². The zero-order valence-electron chi connectivity index (χ0n) is 9.83. The summed E-state index contributed by atoms with van der Waals surface area (Å²) in [6.07, 6.45) is -5.87. The molecule has 0 fully saturated rings. The van der Waals surface area contributed by atoms with Crippen LogP contribution in [0, 0.1) is 5.82 Å². The summed E-state index contributed by atoms with van der Waals surface area (Å²) in [5.74, 6) is -1.08. The predicted molar refractivity (Wildman–Crippen MR) is 61.3 cm³/mol. The second-order valence-corrected chi connectivity index (χ2v) is 5.71. The van der Waals surface area contributed by atoms with E-state index in [1.807, 2.05) is 0 Å². The average molecular weight is 300 g/mol. The molecule has 0 aromatic heterocycles. The van der Waals surface area contributed by atoms with Crippen molar-refractivity contribution in [2.24, 2.45) is 0 Å². The fourth-order valence-electron chi connectivity index (χ4n) is 1.44. The summed E-state index contributed by atoms with van der Waals surface area (Å²) >= 11 is 0. The van der Waals surface area contributed by atoms with E-state index in [0.29, 0.717) is 0 Å². The maximum atomic E-state index is 13.4. The Morgan fingerprint density at radius 1 is 1.37 bits per heavy atom. The van der Waals surface area contributed by atoms with Gasteiger partial charge in [-0.15, -0.1) is 0 Å². The fourth-order valence-corrected chi connectivity index (χ4v) is 2.80. The molecule has 3 N–H and O–H groups in total. The van der Waals surface area contributed by atoms with Gasteiger partial charge in [0.1, 0.15) is 10.7 Å². The number of anilines is 1. The fraction of sp³-hybridized carbons (Fsp3) is 0.400. The Labute approximate surface area is 107 Å². The van der Waals surface area contributed by atoms with E-state index in [1.54, 1.807) is 4.72 Å². The SMILES string of the molecule is CC(CC(F)(F)F)NS(=O)(=O)c1cc(N)ccc1F. The summed E-state index contributed by atoms with van der Waals surface area (Å²) in [5.41, 5.74) is 5.31. The first-order chi connectivity index (χ1) is 8.51. The van der Waals surface area contributed by atoms with Gasteiger partial charge in [-0.05, 0) is 25.1 Å². The number of halogens is 4. The van der Waals surface area contributed by atoms with Gasteiger partial charge in [-0.3, -0.25) is 0 Å². The van der Waals surface area contributed by atoms with Crippen LogP contribution in [0.1, 0.15) is 13.3 Å². The number of nitrogens with one attached hydrogen (secondary N) is 1. The van der Waals surface area contributed by atoms with Crippen molar-refractivity contribution < 1.29 is 26.0 Å².